The molecule has 0 spiro atoms. The van der Waals surface area contributed by atoms with Crippen molar-refractivity contribution in [1.29, 1.82) is 0 Å². The molecule has 2 aromatic heterocycles. The quantitative estimate of drug-likeness (QED) is 0.111. The fourth-order valence-corrected chi connectivity index (χ4v) is 11.6. The third-order valence-corrected chi connectivity index (χ3v) is 16.7. The van der Waals surface area contributed by atoms with Crippen LogP contribution in [-0.2, 0) is 35.8 Å². The molecular formula is C59H63Cl2FN12O4S. The van der Waals surface area contributed by atoms with Crippen molar-refractivity contribution in [1.82, 2.24) is 29.6 Å². The molecule has 1 unspecified atom stereocenters. The molecule has 20 heteroatoms. The lowest BCUT2D eigenvalue weighted by Crippen LogP contribution is -2.53. The summed E-state index contributed by atoms with van der Waals surface area (Å²) in [5.41, 5.74) is 22.8. The molecule has 0 bridgehead atoms. The Hall–Kier alpha value is -7.80. The van der Waals surface area contributed by atoms with Crippen molar-refractivity contribution in [2.45, 2.75) is 70.0 Å². The summed E-state index contributed by atoms with van der Waals surface area (Å²) in [5.74, 6) is 0.0785. The standard InChI is InChI=1S/C24H27ClN4O2.C18H17ClFN3O.C17H19N5OS/c1-16(30)28-11-9-17(10-12-28)15-29-22(31)24(2,27-23(29)26)20-7-3-5-18(13-20)19-6-4-8-21(25)14-19;1-18(10-16(24)23(2)17(21)22-18)13-5-3-4-11(8-13)12-6-7-15(20)14(19)9-12;1-4-5-13-15(23)22(3)16(18)21-17(13,2)14-6-11(9-24-14)12-7-19-10-20-8-12/h3-8,13-14,17H,9-12,15H2,1-2H3,(H2,26,27);3-9H,10H2,1-2H3,(H2,21,22);4,6-10,13H,1,5H2,2-3H3,(H2,18,21)/t;18-;13-,17-/m.00/s1. The number of hydrogen-bond acceptors (Lipinski definition) is 13. The summed E-state index contributed by atoms with van der Waals surface area (Å²) >= 11 is 13.6. The number of benzene rings is 4. The molecule has 6 aromatic rings. The highest BCUT2D eigenvalue weighted by Crippen LogP contribution is 2.44. The maximum Gasteiger partial charge on any atom is 0.261 e. The molecule has 4 aliphatic heterocycles. The number of piperidine rings is 1. The van der Waals surface area contributed by atoms with Crippen LogP contribution in [0.2, 0.25) is 10.0 Å². The summed E-state index contributed by atoms with van der Waals surface area (Å²) in [7, 11) is 3.26. The number of carbonyl (C=O) groups excluding carboxylic acids is 4. The highest BCUT2D eigenvalue weighted by Gasteiger charge is 2.48. The van der Waals surface area contributed by atoms with Crippen molar-refractivity contribution in [2.75, 3.05) is 33.7 Å². The summed E-state index contributed by atoms with van der Waals surface area (Å²) in [6, 6.07) is 29.7. The highest BCUT2D eigenvalue weighted by atomic mass is 35.5. The Morgan fingerprint density at radius 1 is 0.759 bits per heavy atom. The second-order valence-corrected chi connectivity index (χ2v) is 22.3. The van der Waals surface area contributed by atoms with E-state index < -0.39 is 22.4 Å². The van der Waals surface area contributed by atoms with Gasteiger partial charge in [0, 0.05) is 68.5 Å². The number of carbonyl (C=O) groups is 4. The SMILES string of the molecule is C=CC[C@H]1C(=O)N(C)C(N)=N[C@]1(C)c1cc(-c2cncnc2)cs1.CC(=O)N1CCC(CN2C(=O)C(C)(c3cccc(-c4cccc(Cl)c4)c3)N=C2N)CC1.CN1C(=O)C[C@@](C)(c2cccc(-c3ccc(F)c(Cl)c3)c2)N=C1N. The molecule has 4 amide bonds. The minimum absolute atomic E-state index is 0.0390. The van der Waals surface area contributed by atoms with E-state index in [0.717, 1.165) is 75.3 Å². The maximum atomic E-state index is 13.4. The van der Waals surface area contributed by atoms with Crippen LogP contribution < -0.4 is 17.2 Å². The molecule has 16 nitrogen and oxygen atoms in total. The minimum atomic E-state index is -1.06. The molecular weight excluding hydrogens is 1060 g/mol. The van der Waals surface area contributed by atoms with Crippen LogP contribution in [0.15, 0.2) is 149 Å². The monoisotopic (exact) mass is 1120 g/mol. The fraction of sp³-hybridized carbons (Fsp3) is 0.305. The average Bonchev–Trinajstić information content (AvgIpc) is 4.06. The Balaban J connectivity index is 0.000000158. The molecule has 4 aromatic carbocycles. The van der Waals surface area contributed by atoms with Crippen LogP contribution in [0.3, 0.4) is 0 Å². The summed E-state index contributed by atoms with van der Waals surface area (Å²) in [6.45, 7) is 13.0. The number of nitrogens with zero attached hydrogens (tertiary/aromatic N) is 9. The van der Waals surface area contributed by atoms with Gasteiger partial charge in [-0.05, 0) is 133 Å². The van der Waals surface area contributed by atoms with Crippen LogP contribution in [0.25, 0.3) is 33.4 Å². The third-order valence-electron chi connectivity index (χ3n) is 15.1. The number of halogens is 3. The number of aromatic nitrogens is 2. The van der Waals surface area contributed by atoms with Crippen LogP contribution in [0.4, 0.5) is 4.39 Å². The summed E-state index contributed by atoms with van der Waals surface area (Å²) < 4.78 is 13.4. The number of thiophene rings is 1. The van der Waals surface area contributed by atoms with E-state index in [0.29, 0.717) is 23.9 Å². The number of nitrogens with two attached hydrogens (primary N) is 3. The maximum absolute atomic E-state index is 13.4. The van der Waals surface area contributed by atoms with Gasteiger partial charge in [-0.15, -0.1) is 17.9 Å². The van der Waals surface area contributed by atoms with Gasteiger partial charge in [-0.1, -0.05) is 83.9 Å². The lowest BCUT2D eigenvalue weighted by atomic mass is 9.80. The van der Waals surface area contributed by atoms with Gasteiger partial charge < -0.3 is 22.1 Å². The third kappa shape index (κ3) is 12.3. The molecule has 4 aliphatic rings. The summed E-state index contributed by atoms with van der Waals surface area (Å²) in [4.78, 5) is 78.9. The normalized spacial score (nSPS) is 22.3. The molecule has 6 N–H and O–H groups in total. The Morgan fingerprint density at radius 2 is 1.37 bits per heavy atom. The lowest BCUT2D eigenvalue weighted by Gasteiger charge is -2.39. The van der Waals surface area contributed by atoms with E-state index in [9.17, 15) is 23.6 Å². The average molecular weight is 1130 g/mol. The van der Waals surface area contributed by atoms with E-state index in [-0.39, 0.29) is 58.9 Å². The smallest absolute Gasteiger partial charge is 0.261 e. The Bertz CT molecular complexity index is 3400. The fourth-order valence-electron chi connectivity index (χ4n) is 10.1. The van der Waals surface area contributed by atoms with Gasteiger partial charge in [-0.3, -0.25) is 33.9 Å². The molecule has 10 rings (SSSR count). The van der Waals surface area contributed by atoms with Crippen LogP contribution >= 0.6 is 34.5 Å². The highest BCUT2D eigenvalue weighted by molar-refractivity contribution is 7.10. The predicted octanol–water partition coefficient (Wildman–Crippen LogP) is 9.58. The number of aliphatic imine (C=N–C) groups is 3. The number of allylic oxidation sites excluding steroid dienone is 1. The second-order valence-electron chi connectivity index (χ2n) is 20.5. The van der Waals surface area contributed by atoms with Crippen LogP contribution in [0, 0.1) is 17.7 Å². The number of hydrogen-bond donors (Lipinski definition) is 3. The molecule has 4 atom stereocenters. The lowest BCUT2D eigenvalue weighted by molar-refractivity contribution is -0.134. The largest absolute Gasteiger partial charge is 0.369 e. The zero-order valence-electron chi connectivity index (χ0n) is 44.9. The molecule has 1 fully saturated rings. The van der Waals surface area contributed by atoms with Crippen LogP contribution in [0.1, 0.15) is 69.4 Å². The molecule has 0 aliphatic carbocycles. The number of amides is 4. The first-order valence-electron chi connectivity index (χ1n) is 25.6. The Labute approximate surface area is 473 Å². The first-order valence-corrected chi connectivity index (χ1v) is 27.2. The van der Waals surface area contributed by atoms with E-state index in [1.165, 1.54) is 22.2 Å². The number of likely N-dealkylation sites (tertiary alicyclic amines) is 1. The van der Waals surface area contributed by atoms with Crippen molar-refractivity contribution in [2.24, 2.45) is 44.0 Å². The first-order chi connectivity index (χ1) is 37.5. The summed E-state index contributed by atoms with van der Waals surface area (Å²) in [6.07, 6.45) is 9.27. The van der Waals surface area contributed by atoms with E-state index >= 15 is 0 Å². The first kappa shape index (κ1) is 57.4. The second kappa shape index (κ2) is 23.7. The van der Waals surface area contributed by atoms with Crippen molar-refractivity contribution in [3.05, 3.63) is 166 Å². The molecule has 410 valence electrons. The van der Waals surface area contributed by atoms with E-state index in [1.807, 2.05) is 110 Å². The molecule has 1 saturated heterocycles. The molecule has 79 heavy (non-hydrogen) atoms. The zero-order valence-corrected chi connectivity index (χ0v) is 47.2. The van der Waals surface area contributed by atoms with Gasteiger partial charge in [0.25, 0.3) is 5.91 Å². The van der Waals surface area contributed by atoms with Crippen molar-refractivity contribution in [3.8, 4) is 33.4 Å². The van der Waals surface area contributed by atoms with Gasteiger partial charge in [0.15, 0.2) is 23.4 Å². The Kier molecular flexibility index (Phi) is 17.2. The van der Waals surface area contributed by atoms with Gasteiger partial charge in [0.1, 0.15) is 17.7 Å². The molecule has 0 radical (unpaired) electrons. The van der Waals surface area contributed by atoms with Crippen LogP contribution in [0.5, 0.6) is 0 Å². The molecule has 0 saturated carbocycles. The van der Waals surface area contributed by atoms with Crippen molar-refractivity contribution < 1.29 is 23.6 Å². The van der Waals surface area contributed by atoms with Gasteiger partial charge in [-0.2, -0.15) is 0 Å². The minimum Gasteiger partial charge on any atom is -0.369 e. The van der Waals surface area contributed by atoms with E-state index in [2.05, 4.69) is 31.5 Å². The van der Waals surface area contributed by atoms with Gasteiger partial charge in [-0.25, -0.2) is 29.3 Å². The Morgan fingerprint density at radius 3 is 1.99 bits per heavy atom. The van der Waals surface area contributed by atoms with E-state index in [1.54, 1.807) is 67.9 Å². The predicted molar refractivity (Wildman–Crippen MR) is 311 cm³/mol. The van der Waals surface area contributed by atoms with Gasteiger partial charge in [0.2, 0.25) is 17.7 Å². The van der Waals surface area contributed by atoms with Crippen molar-refractivity contribution >= 4 is 76.0 Å². The van der Waals surface area contributed by atoms with Crippen LogP contribution in [-0.4, -0.2) is 105 Å². The molecule has 6 heterocycles. The van der Waals surface area contributed by atoms with Gasteiger partial charge >= 0.3 is 0 Å². The van der Waals surface area contributed by atoms with Gasteiger partial charge in [0.05, 0.1) is 22.9 Å². The summed E-state index contributed by atoms with van der Waals surface area (Å²) in [5, 5.41) is 2.76. The van der Waals surface area contributed by atoms with Crippen molar-refractivity contribution in [3.63, 3.8) is 0 Å². The topological polar surface area (TPSA) is 222 Å². The number of guanidine groups is 3. The van der Waals surface area contributed by atoms with E-state index in [4.69, 9.17) is 40.4 Å². The number of rotatable bonds is 10. The zero-order chi connectivity index (χ0) is 57.0.